The van der Waals surface area contributed by atoms with Gasteiger partial charge in [-0.2, -0.15) is 5.10 Å². The Labute approximate surface area is 92.1 Å². The fourth-order valence-electron chi connectivity index (χ4n) is 1.55. The summed E-state index contributed by atoms with van der Waals surface area (Å²) < 4.78 is 14.4. The van der Waals surface area contributed by atoms with Gasteiger partial charge >= 0.3 is 0 Å². The number of nitrogens with one attached hydrogen (secondary N) is 1. The molecule has 16 heavy (non-hydrogen) atoms. The van der Waals surface area contributed by atoms with Crippen LogP contribution in [0.25, 0.3) is 0 Å². The Bertz CT molecular complexity index is 464. The molecular weight excluding hydrogens is 209 g/mol. The van der Waals surface area contributed by atoms with Crippen molar-refractivity contribution in [3.8, 4) is 0 Å². The Morgan fingerprint density at radius 1 is 1.44 bits per heavy atom. The number of aromatic nitrogens is 3. The van der Waals surface area contributed by atoms with Crippen LogP contribution in [-0.2, 0) is 7.05 Å². The van der Waals surface area contributed by atoms with Crippen LogP contribution in [0.3, 0.4) is 0 Å². The van der Waals surface area contributed by atoms with Crippen LogP contribution in [0, 0.1) is 5.82 Å². The first kappa shape index (κ1) is 10.7. The van der Waals surface area contributed by atoms with Crippen molar-refractivity contribution in [2.24, 2.45) is 12.9 Å². The average Bonchev–Trinajstić information content (AvgIpc) is 2.69. The molecule has 2 aromatic heterocycles. The van der Waals surface area contributed by atoms with E-state index in [1.165, 1.54) is 6.07 Å². The molecule has 0 spiro atoms. The summed E-state index contributed by atoms with van der Waals surface area (Å²) in [5.41, 5.74) is 4.14. The Morgan fingerprint density at radius 3 is 2.75 bits per heavy atom. The van der Waals surface area contributed by atoms with Gasteiger partial charge in [-0.1, -0.05) is 0 Å². The van der Waals surface area contributed by atoms with Gasteiger partial charge in [-0.25, -0.2) is 9.82 Å². The normalized spacial score (nSPS) is 12.7. The van der Waals surface area contributed by atoms with E-state index in [4.69, 9.17) is 5.84 Å². The highest BCUT2D eigenvalue weighted by atomic mass is 19.1. The minimum atomic E-state index is -0.371. The minimum absolute atomic E-state index is 0.298. The van der Waals surface area contributed by atoms with E-state index < -0.39 is 0 Å². The van der Waals surface area contributed by atoms with Crippen LogP contribution in [-0.4, -0.2) is 14.8 Å². The summed E-state index contributed by atoms with van der Waals surface area (Å²) in [6.07, 6.45) is 2.83. The zero-order chi connectivity index (χ0) is 11.5. The van der Waals surface area contributed by atoms with Crippen molar-refractivity contribution >= 4 is 0 Å². The molecule has 0 radical (unpaired) electrons. The molecule has 0 aliphatic heterocycles. The quantitative estimate of drug-likeness (QED) is 0.585. The van der Waals surface area contributed by atoms with Crippen molar-refractivity contribution in [2.75, 3.05) is 0 Å². The van der Waals surface area contributed by atoms with Crippen molar-refractivity contribution in [3.63, 3.8) is 0 Å². The highest BCUT2D eigenvalue weighted by molar-refractivity contribution is 5.21. The van der Waals surface area contributed by atoms with E-state index in [1.807, 2.05) is 13.1 Å². The van der Waals surface area contributed by atoms with Crippen LogP contribution in [0.4, 0.5) is 4.39 Å². The number of pyridine rings is 1. The Kier molecular flexibility index (Phi) is 2.93. The third-order valence-electron chi connectivity index (χ3n) is 2.37. The second-order valence-electron chi connectivity index (χ2n) is 3.38. The molecule has 0 amide bonds. The van der Waals surface area contributed by atoms with E-state index in [2.05, 4.69) is 15.5 Å². The topological polar surface area (TPSA) is 68.8 Å². The lowest BCUT2D eigenvalue weighted by atomic mass is 10.1. The van der Waals surface area contributed by atoms with Crippen molar-refractivity contribution in [3.05, 3.63) is 47.8 Å². The second kappa shape index (κ2) is 4.38. The van der Waals surface area contributed by atoms with Crippen molar-refractivity contribution < 1.29 is 4.39 Å². The Hall–Kier alpha value is -1.79. The lowest BCUT2D eigenvalue weighted by Crippen LogP contribution is -2.31. The zero-order valence-corrected chi connectivity index (χ0v) is 8.76. The molecule has 0 aliphatic carbocycles. The van der Waals surface area contributed by atoms with Crippen LogP contribution in [0.15, 0.2) is 30.6 Å². The molecule has 6 heteroatoms. The van der Waals surface area contributed by atoms with E-state index >= 15 is 0 Å². The summed E-state index contributed by atoms with van der Waals surface area (Å²) in [6.45, 7) is 0. The number of hydrazine groups is 1. The summed E-state index contributed by atoms with van der Waals surface area (Å²) in [5, 5.41) is 4.05. The van der Waals surface area contributed by atoms with E-state index in [9.17, 15) is 4.39 Å². The third-order valence-corrected chi connectivity index (χ3v) is 2.37. The second-order valence-corrected chi connectivity index (χ2v) is 3.38. The van der Waals surface area contributed by atoms with Crippen molar-refractivity contribution in [2.45, 2.75) is 6.04 Å². The summed E-state index contributed by atoms with van der Waals surface area (Å²) in [4.78, 5) is 3.99. The molecule has 2 heterocycles. The average molecular weight is 221 g/mol. The fourth-order valence-corrected chi connectivity index (χ4v) is 1.55. The van der Waals surface area contributed by atoms with Gasteiger partial charge in [0.25, 0.3) is 0 Å². The predicted octanol–water partition coefficient (Wildman–Crippen LogP) is 0.507. The summed E-state index contributed by atoms with van der Waals surface area (Å²) in [5.74, 6) is 5.11. The zero-order valence-electron chi connectivity index (χ0n) is 8.76. The molecule has 3 N–H and O–H groups in total. The lowest BCUT2D eigenvalue weighted by Gasteiger charge is -2.15. The molecule has 1 atom stereocenters. The summed E-state index contributed by atoms with van der Waals surface area (Å²) in [6, 6.07) is 4.47. The molecular formula is C10H12FN5. The van der Waals surface area contributed by atoms with Gasteiger partial charge < -0.3 is 0 Å². The maximum absolute atomic E-state index is 12.7. The third kappa shape index (κ3) is 1.93. The molecule has 5 nitrogen and oxygen atoms in total. The van der Waals surface area contributed by atoms with Gasteiger partial charge in [0.2, 0.25) is 0 Å². The summed E-state index contributed by atoms with van der Waals surface area (Å²) >= 11 is 0. The van der Waals surface area contributed by atoms with Crippen LogP contribution in [0.1, 0.15) is 17.4 Å². The van der Waals surface area contributed by atoms with Crippen LogP contribution >= 0.6 is 0 Å². The van der Waals surface area contributed by atoms with Gasteiger partial charge in [0.1, 0.15) is 11.9 Å². The highest BCUT2D eigenvalue weighted by Gasteiger charge is 2.16. The van der Waals surface area contributed by atoms with E-state index in [0.717, 1.165) is 11.9 Å². The first-order valence-electron chi connectivity index (χ1n) is 4.78. The molecule has 0 fully saturated rings. The number of aryl methyl sites for hydroxylation is 1. The van der Waals surface area contributed by atoms with Crippen molar-refractivity contribution in [1.29, 1.82) is 0 Å². The van der Waals surface area contributed by atoms with E-state index in [-0.39, 0.29) is 11.9 Å². The number of nitrogens with zero attached hydrogens (tertiary/aromatic N) is 3. The first-order valence-corrected chi connectivity index (χ1v) is 4.78. The first-order chi connectivity index (χ1) is 7.72. The molecule has 0 saturated carbocycles. The maximum Gasteiger partial charge on any atom is 0.141 e. The predicted molar refractivity (Wildman–Crippen MR) is 56.6 cm³/mol. The Balaban J connectivity index is 2.37. The van der Waals surface area contributed by atoms with Gasteiger partial charge in [-0.3, -0.25) is 15.5 Å². The van der Waals surface area contributed by atoms with Gasteiger partial charge in [0.05, 0.1) is 17.6 Å². The molecule has 2 rings (SSSR count). The van der Waals surface area contributed by atoms with E-state index in [0.29, 0.717) is 5.69 Å². The number of hydrogen-bond donors (Lipinski definition) is 2. The monoisotopic (exact) mass is 221 g/mol. The van der Waals surface area contributed by atoms with Gasteiger partial charge in [0.15, 0.2) is 0 Å². The Morgan fingerprint density at radius 2 is 2.25 bits per heavy atom. The SMILES string of the molecule is Cn1nccc1C(NN)c1ccc(F)cn1. The molecule has 0 saturated heterocycles. The fraction of sp³-hybridized carbons (Fsp3) is 0.200. The number of nitrogens with two attached hydrogens (primary N) is 1. The molecule has 0 aliphatic rings. The van der Waals surface area contributed by atoms with Gasteiger partial charge in [-0.15, -0.1) is 0 Å². The number of halogens is 1. The van der Waals surface area contributed by atoms with Crippen LogP contribution < -0.4 is 11.3 Å². The molecule has 2 aromatic rings. The molecule has 0 aromatic carbocycles. The molecule has 1 unspecified atom stereocenters. The smallest absolute Gasteiger partial charge is 0.141 e. The molecule has 84 valence electrons. The highest BCUT2D eigenvalue weighted by Crippen LogP contribution is 2.18. The minimum Gasteiger partial charge on any atom is -0.271 e. The van der Waals surface area contributed by atoms with Crippen LogP contribution in [0.2, 0.25) is 0 Å². The number of hydrogen-bond acceptors (Lipinski definition) is 4. The largest absolute Gasteiger partial charge is 0.271 e. The summed E-state index contributed by atoms with van der Waals surface area (Å²) in [7, 11) is 1.81. The van der Waals surface area contributed by atoms with E-state index in [1.54, 1.807) is 16.9 Å². The van der Waals surface area contributed by atoms with Gasteiger partial charge in [0, 0.05) is 13.2 Å². The lowest BCUT2D eigenvalue weighted by molar-refractivity contribution is 0.557. The van der Waals surface area contributed by atoms with Crippen LogP contribution in [0.5, 0.6) is 0 Å². The van der Waals surface area contributed by atoms with Gasteiger partial charge in [-0.05, 0) is 18.2 Å². The number of rotatable bonds is 3. The molecule has 0 bridgehead atoms. The van der Waals surface area contributed by atoms with Crippen molar-refractivity contribution in [1.82, 2.24) is 20.2 Å². The maximum atomic E-state index is 12.7. The standard InChI is InChI=1S/C10H12FN5/c1-16-9(4-5-14-16)10(15-12)8-3-2-7(11)6-13-8/h2-6,10,15H,12H2,1H3.